The zero-order valence-corrected chi connectivity index (χ0v) is 15.0. The van der Waals surface area contributed by atoms with E-state index in [4.69, 9.17) is 5.73 Å². The van der Waals surface area contributed by atoms with E-state index in [1.807, 2.05) is 0 Å². The van der Waals surface area contributed by atoms with Crippen molar-refractivity contribution in [3.05, 3.63) is 50.7 Å². The molecule has 0 spiro atoms. The van der Waals surface area contributed by atoms with Gasteiger partial charge in [-0.05, 0) is 31.2 Å². The Morgan fingerprint density at radius 1 is 1.04 bits per heavy atom. The predicted octanol–water partition coefficient (Wildman–Crippen LogP) is 0.308. The van der Waals surface area contributed by atoms with Gasteiger partial charge in [-0.1, -0.05) is 0 Å². The van der Waals surface area contributed by atoms with Crippen molar-refractivity contribution in [2.75, 3.05) is 16.4 Å². The molecule has 0 bridgehead atoms. The fourth-order valence-electron chi connectivity index (χ4n) is 2.48. The topological polar surface area (TPSA) is 128 Å². The average molecular weight is 359 g/mol. The zero-order valence-electron chi connectivity index (χ0n) is 15.0. The Labute approximate surface area is 149 Å². The lowest BCUT2D eigenvalue weighted by molar-refractivity contribution is -0.114. The summed E-state index contributed by atoms with van der Waals surface area (Å²) >= 11 is 0. The summed E-state index contributed by atoms with van der Waals surface area (Å²) in [5.74, 6) is -0.877. The van der Waals surface area contributed by atoms with E-state index in [2.05, 4.69) is 10.6 Å². The quantitative estimate of drug-likeness (QED) is 0.659. The second-order valence-corrected chi connectivity index (χ2v) is 5.95. The van der Waals surface area contributed by atoms with Crippen LogP contribution < -0.4 is 27.6 Å². The number of ketones is 1. The summed E-state index contributed by atoms with van der Waals surface area (Å²) in [6.07, 6.45) is 0. The number of hydrogen-bond donors (Lipinski definition) is 3. The average Bonchev–Trinajstić information content (AvgIpc) is 2.59. The number of carbonyl (C=O) groups excluding carboxylic acids is 2. The number of anilines is 3. The number of carbonyl (C=O) groups is 2. The molecule has 2 rings (SSSR count). The molecular weight excluding hydrogens is 338 g/mol. The molecule has 9 heteroatoms. The molecule has 0 unspecified atom stereocenters. The van der Waals surface area contributed by atoms with Crippen LogP contribution in [0.5, 0.6) is 0 Å². The molecule has 2 aromatic rings. The molecule has 1 amide bonds. The molecule has 0 saturated carbocycles. The smallest absolute Gasteiger partial charge is 0.332 e. The van der Waals surface area contributed by atoms with Crippen LogP contribution in [-0.4, -0.2) is 26.9 Å². The highest BCUT2D eigenvalue weighted by Crippen LogP contribution is 2.16. The van der Waals surface area contributed by atoms with Crippen LogP contribution in [0.4, 0.5) is 17.2 Å². The van der Waals surface area contributed by atoms with Gasteiger partial charge < -0.3 is 16.4 Å². The SMILES string of the molecule is CC(=O)Nc1ccc(N[C@@H](C)C(=O)c2c(N)n(C)c(=O)n(C)c2=O)cc1. The van der Waals surface area contributed by atoms with Gasteiger partial charge in [0.05, 0.1) is 6.04 Å². The maximum atomic E-state index is 12.7. The third kappa shape index (κ3) is 3.66. The fraction of sp³-hybridized carbons (Fsp3) is 0.294. The first-order valence-electron chi connectivity index (χ1n) is 7.87. The molecule has 1 atom stereocenters. The molecule has 9 nitrogen and oxygen atoms in total. The summed E-state index contributed by atoms with van der Waals surface area (Å²) in [5.41, 5.74) is 5.50. The number of nitrogens with one attached hydrogen (secondary N) is 2. The summed E-state index contributed by atoms with van der Waals surface area (Å²) < 4.78 is 1.90. The Hall–Kier alpha value is -3.36. The van der Waals surface area contributed by atoms with E-state index in [1.165, 1.54) is 21.0 Å². The van der Waals surface area contributed by atoms with Crippen LogP contribution in [0.1, 0.15) is 24.2 Å². The Morgan fingerprint density at radius 3 is 2.12 bits per heavy atom. The summed E-state index contributed by atoms with van der Waals surface area (Å²) in [7, 11) is 2.69. The van der Waals surface area contributed by atoms with Crippen molar-refractivity contribution < 1.29 is 9.59 Å². The van der Waals surface area contributed by atoms with Gasteiger partial charge in [0.15, 0.2) is 5.78 Å². The van der Waals surface area contributed by atoms with Gasteiger partial charge in [-0.3, -0.25) is 23.5 Å². The van der Waals surface area contributed by atoms with Gasteiger partial charge in [-0.2, -0.15) is 0 Å². The first kappa shape index (κ1) is 19.0. The van der Waals surface area contributed by atoms with Crippen LogP contribution in [0.2, 0.25) is 0 Å². The van der Waals surface area contributed by atoms with E-state index in [0.29, 0.717) is 11.4 Å². The predicted molar refractivity (Wildman–Crippen MR) is 99.5 cm³/mol. The van der Waals surface area contributed by atoms with Crippen molar-refractivity contribution in [2.45, 2.75) is 19.9 Å². The van der Waals surface area contributed by atoms with Crippen molar-refractivity contribution in [3.8, 4) is 0 Å². The second kappa shape index (κ2) is 7.26. The normalized spacial score (nSPS) is 11.7. The Bertz CT molecular complexity index is 972. The largest absolute Gasteiger partial charge is 0.384 e. The Balaban J connectivity index is 2.27. The lowest BCUT2D eigenvalue weighted by atomic mass is 10.1. The van der Waals surface area contributed by atoms with Crippen molar-refractivity contribution in [1.29, 1.82) is 0 Å². The molecule has 0 aliphatic rings. The van der Waals surface area contributed by atoms with E-state index >= 15 is 0 Å². The highest BCUT2D eigenvalue weighted by atomic mass is 16.2. The van der Waals surface area contributed by atoms with Gasteiger partial charge in [0.1, 0.15) is 11.4 Å². The first-order valence-corrected chi connectivity index (χ1v) is 7.87. The van der Waals surface area contributed by atoms with Crippen LogP contribution in [0.3, 0.4) is 0 Å². The van der Waals surface area contributed by atoms with Crippen molar-refractivity contribution >= 4 is 28.9 Å². The van der Waals surface area contributed by atoms with Gasteiger partial charge in [0.25, 0.3) is 5.56 Å². The van der Waals surface area contributed by atoms with Gasteiger partial charge in [-0.25, -0.2) is 4.79 Å². The van der Waals surface area contributed by atoms with Crippen LogP contribution >= 0.6 is 0 Å². The Morgan fingerprint density at radius 2 is 1.58 bits per heavy atom. The van der Waals surface area contributed by atoms with E-state index < -0.39 is 23.1 Å². The molecule has 138 valence electrons. The first-order chi connectivity index (χ1) is 12.1. The van der Waals surface area contributed by atoms with Gasteiger partial charge >= 0.3 is 5.69 Å². The molecule has 4 N–H and O–H groups in total. The molecule has 0 fully saturated rings. The molecule has 1 aromatic heterocycles. The molecule has 0 aliphatic heterocycles. The molecule has 0 aliphatic carbocycles. The molecule has 26 heavy (non-hydrogen) atoms. The minimum Gasteiger partial charge on any atom is -0.384 e. The minimum atomic E-state index is -0.755. The lowest BCUT2D eigenvalue weighted by Crippen LogP contribution is -2.43. The van der Waals surface area contributed by atoms with Crippen LogP contribution in [-0.2, 0) is 18.9 Å². The number of nitrogens with zero attached hydrogens (tertiary/aromatic N) is 2. The number of amides is 1. The van der Waals surface area contributed by atoms with Crippen LogP contribution in [0, 0.1) is 0 Å². The van der Waals surface area contributed by atoms with Gasteiger partial charge in [0, 0.05) is 32.4 Å². The number of rotatable bonds is 5. The molecular formula is C17H21N5O4. The van der Waals surface area contributed by atoms with E-state index in [-0.39, 0.29) is 17.3 Å². The van der Waals surface area contributed by atoms with Gasteiger partial charge in [-0.15, -0.1) is 0 Å². The van der Waals surface area contributed by atoms with Crippen LogP contribution in [0.15, 0.2) is 33.9 Å². The summed E-state index contributed by atoms with van der Waals surface area (Å²) in [6.45, 7) is 3.00. The van der Waals surface area contributed by atoms with Crippen molar-refractivity contribution in [3.63, 3.8) is 0 Å². The van der Waals surface area contributed by atoms with E-state index in [1.54, 1.807) is 31.2 Å². The van der Waals surface area contributed by atoms with Crippen molar-refractivity contribution in [1.82, 2.24) is 9.13 Å². The third-order valence-electron chi connectivity index (χ3n) is 3.94. The third-order valence-corrected chi connectivity index (χ3v) is 3.94. The Kier molecular flexibility index (Phi) is 5.30. The summed E-state index contributed by atoms with van der Waals surface area (Å²) in [6, 6.07) is 5.99. The highest BCUT2D eigenvalue weighted by Gasteiger charge is 2.24. The highest BCUT2D eigenvalue weighted by molar-refractivity contribution is 6.04. The van der Waals surface area contributed by atoms with Crippen LogP contribution in [0.25, 0.3) is 0 Å². The lowest BCUT2D eigenvalue weighted by Gasteiger charge is -2.17. The van der Waals surface area contributed by atoms with E-state index in [0.717, 1.165) is 9.13 Å². The molecule has 1 aromatic carbocycles. The second-order valence-electron chi connectivity index (χ2n) is 5.95. The number of nitrogen functional groups attached to an aromatic ring is 1. The fourth-order valence-corrected chi connectivity index (χ4v) is 2.48. The monoisotopic (exact) mass is 359 g/mol. The van der Waals surface area contributed by atoms with Crippen molar-refractivity contribution in [2.24, 2.45) is 14.1 Å². The number of nitrogens with two attached hydrogens (primary N) is 1. The maximum Gasteiger partial charge on any atom is 0.332 e. The molecule has 0 saturated heterocycles. The number of benzene rings is 1. The maximum absolute atomic E-state index is 12.7. The molecule has 0 radical (unpaired) electrons. The molecule has 1 heterocycles. The number of hydrogen-bond acceptors (Lipinski definition) is 6. The zero-order chi connectivity index (χ0) is 19.6. The summed E-state index contributed by atoms with van der Waals surface area (Å²) in [5, 5.41) is 5.62. The standard InChI is InChI=1S/C17H21N5O4/c1-9(19-11-5-7-12(8-6-11)20-10(2)23)14(24)13-15(18)21(3)17(26)22(4)16(13)25/h5-9,19H,18H2,1-4H3,(H,20,23)/t9-/m0/s1. The van der Waals surface area contributed by atoms with E-state index in [9.17, 15) is 19.2 Å². The number of Topliss-reactive ketones (excluding diaryl/α,β-unsaturated/α-hetero) is 1. The summed E-state index contributed by atoms with van der Waals surface area (Å²) in [4.78, 5) is 47.8. The number of aromatic nitrogens is 2. The van der Waals surface area contributed by atoms with Gasteiger partial charge in [0.2, 0.25) is 5.91 Å². The minimum absolute atomic E-state index is 0.169.